The molecule has 1 aromatic rings. The van der Waals surface area contributed by atoms with E-state index in [1.807, 2.05) is 6.07 Å². The maximum atomic E-state index is 12.0. The lowest BCUT2D eigenvalue weighted by atomic mass is 10.1. The first-order valence-electron chi connectivity index (χ1n) is 7.00. The molecule has 1 saturated carbocycles. The summed E-state index contributed by atoms with van der Waals surface area (Å²) in [5.41, 5.74) is 7.58. The van der Waals surface area contributed by atoms with Gasteiger partial charge in [0.25, 0.3) is 0 Å². The number of anilines is 2. The van der Waals surface area contributed by atoms with Gasteiger partial charge in [-0.3, -0.25) is 0 Å². The first kappa shape index (κ1) is 14.7. The van der Waals surface area contributed by atoms with E-state index in [9.17, 15) is 4.79 Å². The van der Waals surface area contributed by atoms with Gasteiger partial charge in [-0.05, 0) is 44.4 Å². The van der Waals surface area contributed by atoms with Crippen molar-refractivity contribution >= 4 is 17.3 Å². The number of hydrogen-bond acceptors (Lipinski definition) is 5. The zero-order valence-corrected chi connectivity index (χ0v) is 12.0. The highest BCUT2D eigenvalue weighted by Gasteiger charge is 2.25. The van der Waals surface area contributed by atoms with Crippen molar-refractivity contribution in [3.8, 4) is 0 Å². The van der Waals surface area contributed by atoms with E-state index in [1.165, 1.54) is 0 Å². The second-order valence-electron chi connectivity index (χ2n) is 5.04. The van der Waals surface area contributed by atoms with Gasteiger partial charge in [0.15, 0.2) is 0 Å². The summed E-state index contributed by atoms with van der Waals surface area (Å²) in [6.07, 6.45) is 3.32. The van der Waals surface area contributed by atoms with Gasteiger partial charge in [0.1, 0.15) is 0 Å². The van der Waals surface area contributed by atoms with E-state index in [4.69, 9.17) is 15.2 Å². The van der Waals surface area contributed by atoms with Crippen molar-refractivity contribution in [2.45, 2.75) is 38.3 Å². The molecule has 0 bridgehead atoms. The highest BCUT2D eigenvalue weighted by atomic mass is 16.5. The Balaban J connectivity index is 2.12. The quantitative estimate of drug-likeness (QED) is 0.639. The van der Waals surface area contributed by atoms with Crippen molar-refractivity contribution < 1.29 is 14.3 Å². The van der Waals surface area contributed by atoms with Crippen LogP contribution in [0.25, 0.3) is 0 Å². The summed E-state index contributed by atoms with van der Waals surface area (Å²) in [7, 11) is 1.74. The van der Waals surface area contributed by atoms with Crippen LogP contribution in [0.4, 0.5) is 11.4 Å². The largest absolute Gasteiger partial charge is 0.462 e. The van der Waals surface area contributed by atoms with Crippen LogP contribution in [0.15, 0.2) is 18.2 Å². The SMILES string of the molecule is CCOC(=O)c1cc(N)ccc1NC1CCC(OC)C1. The molecule has 5 heteroatoms. The number of nitrogen functional groups attached to an aromatic ring is 1. The molecule has 0 aromatic heterocycles. The minimum absolute atomic E-state index is 0.298. The number of carbonyl (C=O) groups excluding carboxylic acids is 1. The van der Waals surface area contributed by atoms with Gasteiger partial charge in [0.05, 0.1) is 18.3 Å². The number of esters is 1. The first-order valence-corrected chi connectivity index (χ1v) is 7.00. The molecule has 110 valence electrons. The molecule has 1 fully saturated rings. The number of carbonyl (C=O) groups is 1. The summed E-state index contributed by atoms with van der Waals surface area (Å²) in [5.74, 6) is -0.344. The van der Waals surface area contributed by atoms with E-state index in [0.717, 1.165) is 24.9 Å². The van der Waals surface area contributed by atoms with Crippen LogP contribution in [0.2, 0.25) is 0 Å². The Morgan fingerprint density at radius 3 is 2.90 bits per heavy atom. The molecule has 0 aliphatic heterocycles. The molecule has 2 atom stereocenters. The summed E-state index contributed by atoms with van der Waals surface area (Å²) in [6, 6.07) is 5.59. The van der Waals surface area contributed by atoms with Gasteiger partial charge in [-0.15, -0.1) is 0 Å². The minimum atomic E-state index is -0.344. The number of nitrogens with two attached hydrogens (primary N) is 1. The summed E-state index contributed by atoms with van der Waals surface area (Å²) < 4.78 is 10.4. The number of hydrogen-bond donors (Lipinski definition) is 2. The fourth-order valence-corrected chi connectivity index (χ4v) is 2.57. The third-order valence-electron chi connectivity index (χ3n) is 3.62. The molecule has 0 heterocycles. The van der Waals surface area contributed by atoms with Crippen molar-refractivity contribution in [2.75, 3.05) is 24.8 Å². The highest BCUT2D eigenvalue weighted by Crippen LogP contribution is 2.27. The third kappa shape index (κ3) is 3.42. The number of rotatable bonds is 5. The smallest absolute Gasteiger partial charge is 0.340 e. The van der Waals surface area contributed by atoms with Crippen LogP contribution in [-0.2, 0) is 9.47 Å². The Kier molecular flexibility index (Phi) is 4.84. The van der Waals surface area contributed by atoms with Crippen LogP contribution in [-0.4, -0.2) is 31.8 Å². The van der Waals surface area contributed by atoms with Crippen molar-refractivity contribution in [3.05, 3.63) is 23.8 Å². The molecule has 1 aromatic carbocycles. The lowest BCUT2D eigenvalue weighted by molar-refractivity contribution is 0.0527. The predicted molar refractivity (Wildman–Crippen MR) is 78.9 cm³/mol. The summed E-state index contributed by atoms with van der Waals surface area (Å²) >= 11 is 0. The zero-order chi connectivity index (χ0) is 14.5. The number of ether oxygens (including phenoxy) is 2. The van der Waals surface area contributed by atoms with E-state index >= 15 is 0 Å². The van der Waals surface area contributed by atoms with Crippen molar-refractivity contribution in [3.63, 3.8) is 0 Å². The Morgan fingerprint density at radius 2 is 2.25 bits per heavy atom. The highest BCUT2D eigenvalue weighted by molar-refractivity contribution is 5.96. The molecule has 1 aliphatic rings. The Morgan fingerprint density at radius 1 is 1.45 bits per heavy atom. The van der Waals surface area contributed by atoms with Crippen LogP contribution in [0.3, 0.4) is 0 Å². The molecule has 0 saturated heterocycles. The van der Waals surface area contributed by atoms with Crippen LogP contribution < -0.4 is 11.1 Å². The fourth-order valence-electron chi connectivity index (χ4n) is 2.57. The second-order valence-corrected chi connectivity index (χ2v) is 5.04. The molecule has 1 aliphatic carbocycles. The van der Waals surface area contributed by atoms with E-state index in [0.29, 0.717) is 30.0 Å². The minimum Gasteiger partial charge on any atom is -0.462 e. The van der Waals surface area contributed by atoms with E-state index in [2.05, 4.69) is 5.32 Å². The molecular formula is C15H22N2O3. The van der Waals surface area contributed by atoms with Crippen LogP contribution in [0.1, 0.15) is 36.5 Å². The van der Waals surface area contributed by atoms with E-state index in [1.54, 1.807) is 26.2 Å². The molecule has 20 heavy (non-hydrogen) atoms. The van der Waals surface area contributed by atoms with E-state index in [-0.39, 0.29) is 5.97 Å². The maximum absolute atomic E-state index is 12.0. The van der Waals surface area contributed by atoms with Gasteiger partial charge in [-0.1, -0.05) is 0 Å². The van der Waals surface area contributed by atoms with Gasteiger partial charge >= 0.3 is 5.97 Å². The predicted octanol–water partition coefficient (Wildman–Crippen LogP) is 2.42. The third-order valence-corrected chi connectivity index (χ3v) is 3.62. The first-order chi connectivity index (χ1) is 9.63. The number of methoxy groups -OCH3 is 1. The molecule has 5 nitrogen and oxygen atoms in total. The summed E-state index contributed by atoms with van der Waals surface area (Å²) in [6.45, 7) is 2.14. The van der Waals surface area contributed by atoms with Gasteiger partial charge in [0.2, 0.25) is 0 Å². The van der Waals surface area contributed by atoms with Crippen molar-refractivity contribution in [1.82, 2.24) is 0 Å². The zero-order valence-electron chi connectivity index (χ0n) is 12.0. The average Bonchev–Trinajstić information content (AvgIpc) is 2.89. The molecule has 2 unspecified atom stereocenters. The number of nitrogens with one attached hydrogen (secondary N) is 1. The van der Waals surface area contributed by atoms with Crippen molar-refractivity contribution in [2.24, 2.45) is 0 Å². The van der Waals surface area contributed by atoms with Crippen molar-refractivity contribution in [1.29, 1.82) is 0 Å². The summed E-state index contributed by atoms with van der Waals surface area (Å²) in [4.78, 5) is 12.0. The second kappa shape index (κ2) is 6.61. The molecule has 0 spiro atoms. The molecule has 0 radical (unpaired) electrons. The Hall–Kier alpha value is -1.75. The lowest BCUT2D eigenvalue weighted by Crippen LogP contribution is -2.19. The molecule has 3 N–H and O–H groups in total. The van der Waals surface area contributed by atoms with Gasteiger partial charge in [0, 0.05) is 24.5 Å². The Labute approximate surface area is 119 Å². The standard InChI is InChI=1S/C15H22N2O3/c1-3-20-15(18)13-8-10(16)4-7-14(13)17-11-5-6-12(9-11)19-2/h4,7-8,11-12,17H,3,5-6,9,16H2,1-2H3. The average molecular weight is 278 g/mol. The summed E-state index contributed by atoms with van der Waals surface area (Å²) in [5, 5.41) is 3.40. The maximum Gasteiger partial charge on any atom is 0.340 e. The van der Waals surface area contributed by atoms with Crippen LogP contribution in [0, 0.1) is 0 Å². The van der Waals surface area contributed by atoms with E-state index < -0.39 is 0 Å². The normalized spacial score (nSPS) is 21.7. The van der Waals surface area contributed by atoms with Crippen LogP contribution in [0.5, 0.6) is 0 Å². The van der Waals surface area contributed by atoms with Crippen LogP contribution >= 0.6 is 0 Å². The monoisotopic (exact) mass is 278 g/mol. The molecular weight excluding hydrogens is 256 g/mol. The van der Waals surface area contributed by atoms with Gasteiger partial charge < -0.3 is 20.5 Å². The van der Waals surface area contributed by atoms with Gasteiger partial charge in [-0.2, -0.15) is 0 Å². The topological polar surface area (TPSA) is 73.6 Å². The fraction of sp³-hybridized carbons (Fsp3) is 0.533. The molecule has 2 rings (SSSR count). The molecule has 0 amide bonds. The van der Waals surface area contributed by atoms with Gasteiger partial charge in [-0.25, -0.2) is 4.79 Å². The Bertz CT molecular complexity index is 476. The lowest BCUT2D eigenvalue weighted by Gasteiger charge is -2.17. The number of benzene rings is 1.